The molecule has 1 unspecified atom stereocenters. The summed E-state index contributed by atoms with van der Waals surface area (Å²) >= 11 is 0. The highest BCUT2D eigenvalue weighted by Gasteiger charge is 2.14. The number of methoxy groups -OCH3 is 1. The van der Waals surface area contributed by atoms with Crippen molar-refractivity contribution in [2.45, 2.75) is 19.4 Å². The molecule has 0 aliphatic heterocycles. The highest BCUT2D eigenvalue weighted by molar-refractivity contribution is 7.88. The number of hydrogen-bond acceptors (Lipinski definition) is 4. The zero-order chi connectivity index (χ0) is 17.5. The van der Waals surface area contributed by atoms with Gasteiger partial charge in [-0.1, -0.05) is 0 Å². The van der Waals surface area contributed by atoms with Crippen molar-refractivity contribution in [2.24, 2.45) is 0 Å². The van der Waals surface area contributed by atoms with Gasteiger partial charge in [-0.05, 0) is 31.5 Å². The van der Waals surface area contributed by atoms with Crippen LogP contribution < -0.4 is 20.1 Å². The molecule has 0 bridgehead atoms. The number of carbonyl (C=O) groups is 1. The molecule has 1 aromatic rings. The summed E-state index contributed by atoms with van der Waals surface area (Å²) in [6, 6.07) is 3.21. The second-order valence-corrected chi connectivity index (χ2v) is 6.86. The molecule has 7 nitrogen and oxygen atoms in total. The van der Waals surface area contributed by atoms with E-state index in [-0.39, 0.29) is 6.54 Å². The van der Waals surface area contributed by atoms with Gasteiger partial charge in [-0.25, -0.2) is 22.3 Å². The smallest absolute Gasteiger partial charge is 0.315 e. The number of carbonyl (C=O) groups excluding carboxylic acids is 1. The van der Waals surface area contributed by atoms with Gasteiger partial charge in [0.05, 0.1) is 19.4 Å². The van der Waals surface area contributed by atoms with Crippen molar-refractivity contribution in [3.8, 4) is 5.75 Å². The van der Waals surface area contributed by atoms with Crippen molar-refractivity contribution >= 4 is 16.1 Å². The molecule has 0 saturated heterocycles. The van der Waals surface area contributed by atoms with Gasteiger partial charge in [-0.2, -0.15) is 0 Å². The molecule has 3 N–H and O–H groups in total. The zero-order valence-electron chi connectivity index (χ0n) is 13.3. The Balaban J connectivity index is 2.44. The van der Waals surface area contributed by atoms with E-state index in [1.807, 2.05) is 0 Å². The maximum Gasteiger partial charge on any atom is 0.315 e. The lowest BCUT2D eigenvalue weighted by atomic mass is 10.1. The topological polar surface area (TPSA) is 96.5 Å². The second kappa shape index (κ2) is 8.68. The largest absolute Gasteiger partial charge is 0.496 e. The lowest BCUT2D eigenvalue weighted by Crippen LogP contribution is -2.38. The first kappa shape index (κ1) is 19.2. The van der Waals surface area contributed by atoms with Crippen molar-refractivity contribution in [1.29, 1.82) is 0 Å². The Bertz CT molecular complexity index is 637. The number of amides is 2. The molecule has 23 heavy (non-hydrogen) atoms. The molecule has 1 atom stereocenters. The van der Waals surface area contributed by atoms with E-state index in [1.54, 1.807) is 6.92 Å². The molecule has 130 valence electrons. The fourth-order valence-electron chi connectivity index (χ4n) is 1.92. The minimum atomic E-state index is -3.22. The second-order valence-electron chi connectivity index (χ2n) is 5.03. The van der Waals surface area contributed by atoms with Gasteiger partial charge in [0, 0.05) is 18.7 Å². The third-order valence-corrected chi connectivity index (χ3v) is 3.74. The number of rotatable bonds is 8. The Morgan fingerprint density at radius 2 is 2.04 bits per heavy atom. The molecule has 1 aromatic carbocycles. The third kappa shape index (κ3) is 7.29. The van der Waals surface area contributed by atoms with Gasteiger partial charge in [0.25, 0.3) is 0 Å². The summed E-state index contributed by atoms with van der Waals surface area (Å²) in [6.45, 7) is 2.26. The van der Waals surface area contributed by atoms with Gasteiger partial charge in [-0.3, -0.25) is 0 Å². The number of urea groups is 1. The summed E-state index contributed by atoms with van der Waals surface area (Å²) in [5.74, 6) is 0.0678. The minimum absolute atomic E-state index is 0.242. The number of hydrogen-bond donors (Lipinski definition) is 3. The minimum Gasteiger partial charge on any atom is -0.496 e. The first-order valence-electron chi connectivity index (χ1n) is 7.05. The summed E-state index contributed by atoms with van der Waals surface area (Å²) in [5, 5.41) is 5.27. The van der Waals surface area contributed by atoms with Crippen LogP contribution in [0.3, 0.4) is 0 Å². The molecule has 1 rings (SSSR count). The van der Waals surface area contributed by atoms with Gasteiger partial charge in [0.2, 0.25) is 10.0 Å². The molecule has 0 fully saturated rings. The highest BCUT2D eigenvalue weighted by atomic mass is 32.2. The van der Waals surface area contributed by atoms with Crippen LogP contribution in [0.25, 0.3) is 0 Å². The zero-order valence-corrected chi connectivity index (χ0v) is 14.2. The Morgan fingerprint density at radius 1 is 1.35 bits per heavy atom. The van der Waals surface area contributed by atoms with E-state index in [0.717, 1.165) is 6.26 Å². The standard InChI is InChI=1S/C14H22FN3O4S/c1-10(12-9-11(15)5-6-13(12)22-2)18-14(19)16-7-4-8-17-23(3,20)21/h5-6,9-10,17H,4,7-8H2,1-3H3,(H2,16,18,19). The van der Waals surface area contributed by atoms with Crippen LogP contribution in [0.4, 0.5) is 9.18 Å². The normalized spacial score (nSPS) is 12.5. The molecule has 0 aliphatic rings. The Kier molecular flexibility index (Phi) is 7.24. The van der Waals surface area contributed by atoms with Crippen LogP contribution in [0.15, 0.2) is 18.2 Å². The maximum absolute atomic E-state index is 13.3. The molecular formula is C14H22FN3O4S. The predicted octanol–water partition coefficient (Wildman–Crippen LogP) is 1.13. The molecule has 0 heterocycles. The van der Waals surface area contributed by atoms with Crippen LogP contribution in [0.5, 0.6) is 5.75 Å². The van der Waals surface area contributed by atoms with Crippen molar-refractivity contribution in [3.05, 3.63) is 29.6 Å². The van der Waals surface area contributed by atoms with Crippen LogP contribution >= 0.6 is 0 Å². The number of nitrogens with one attached hydrogen (secondary N) is 3. The van der Waals surface area contributed by atoms with Gasteiger partial charge in [0.15, 0.2) is 0 Å². The van der Waals surface area contributed by atoms with E-state index >= 15 is 0 Å². The Morgan fingerprint density at radius 3 is 2.65 bits per heavy atom. The number of ether oxygens (including phenoxy) is 1. The van der Waals surface area contributed by atoms with Gasteiger partial charge < -0.3 is 15.4 Å². The first-order chi connectivity index (χ1) is 10.7. The van der Waals surface area contributed by atoms with Crippen LogP contribution in [0, 0.1) is 5.82 Å². The molecule has 9 heteroatoms. The van der Waals surface area contributed by atoms with E-state index in [9.17, 15) is 17.6 Å². The van der Waals surface area contributed by atoms with Crippen LogP contribution in [0.1, 0.15) is 24.9 Å². The van der Waals surface area contributed by atoms with Crippen LogP contribution in [0.2, 0.25) is 0 Å². The fourth-order valence-corrected chi connectivity index (χ4v) is 2.43. The summed E-state index contributed by atoms with van der Waals surface area (Å²) in [4.78, 5) is 11.8. The van der Waals surface area contributed by atoms with E-state index < -0.39 is 27.9 Å². The fraction of sp³-hybridized carbons (Fsp3) is 0.500. The molecule has 0 saturated carbocycles. The van der Waals surface area contributed by atoms with Gasteiger partial charge in [0.1, 0.15) is 11.6 Å². The number of benzene rings is 1. The van der Waals surface area contributed by atoms with Crippen LogP contribution in [-0.4, -0.2) is 40.9 Å². The summed E-state index contributed by atoms with van der Waals surface area (Å²) < 4.78 is 42.5. The molecular weight excluding hydrogens is 325 g/mol. The van der Waals surface area contributed by atoms with Gasteiger partial charge in [-0.15, -0.1) is 0 Å². The first-order valence-corrected chi connectivity index (χ1v) is 8.94. The van der Waals surface area contributed by atoms with Crippen LogP contribution in [-0.2, 0) is 10.0 Å². The average molecular weight is 347 g/mol. The average Bonchev–Trinajstić information content (AvgIpc) is 2.45. The quantitative estimate of drug-likeness (QED) is 0.614. The molecule has 0 aromatic heterocycles. The van der Waals surface area contributed by atoms with Crippen molar-refractivity contribution in [2.75, 3.05) is 26.5 Å². The highest BCUT2D eigenvalue weighted by Crippen LogP contribution is 2.25. The lowest BCUT2D eigenvalue weighted by Gasteiger charge is -2.18. The predicted molar refractivity (Wildman–Crippen MR) is 85.4 cm³/mol. The molecule has 0 radical (unpaired) electrons. The molecule has 0 spiro atoms. The summed E-state index contributed by atoms with van der Waals surface area (Å²) in [6.07, 6.45) is 1.53. The molecule has 0 aliphatic carbocycles. The SMILES string of the molecule is COc1ccc(F)cc1C(C)NC(=O)NCCCNS(C)(=O)=O. The third-order valence-electron chi connectivity index (χ3n) is 3.01. The van der Waals surface area contributed by atoms with E-state index in [1.165, 1.54) is 25.3 Å². The van der Waals surface area contributed by atoms with E-state index in [2.05, 4.69) is 15.4 Å². The van der Waals surface area contributed by atoms with Crippen molar-refractivity contribution < 1.29 is 22.3 Å². The monoisotopic (exact) mass is 347 g/mol. The molecule has 2 amide bonds. The summed E-state index contributed by atoms with van der Waals surface area (Å²) in [7, 11) is -1.75. The van der Waals surface area contributed by atoms with E-state index in [0.29, 0.717) is 24.3 Å². The number of halogens is 1. The van der Waals surface area contributed by atoms with Crippen molar-refractivity contribution in [1.82, 2.24) is 15.4 Å². The number of sulfonamides is 1. The van der Waals surface area contributed by atoms with Crippen molar-refractivity contribution in [3.63, 3.8) is 0 Å². The van der Waals surface area contributed by atoms with E-state index in [4.69, 9.17) is 4.74 Å². The lowest BCUT2D eigenvalue weighted by molar-refractivity contribution is 0.237. The van der Waals surface area contributed by atoms with Gasteiger partial charge >= 0.3 is 6.03 Å². The Hall–Kier alpha value is -1.87. The Labute approximate surface area is 135 Å². The maximum atomic E-state index is 13.3. The summed E-state index contributed by atoms with van der Waals surface area (Å²) in [5.41, 5.74) is 0.529.